The fourth-order valence-corrected chi connectivity index (χ4v) is 3.65. The minimum atomic E-state index is -3.17. The average Bonchev–Trinajstić information content (AvgIpc) is 3.34. The van der Waals surface area contributed by atoms with Crippen LogP contribution in [-0.4, -0.2) is 43.4 Å². The van der Waals surface area contributed by atoms with Crippen LogP contribution < -0.4 is 15.8 Å². The molecule has 32 heavy (non-hydrogen) atoms. The van der Waals surface area contributed by atoms with Gasteiger partial charge < -0.3 is 15.8 Å². The van der Waals surface area contributed by atoms with Gasteiger partial charge in [-0.15, -0.1) is 5.10 Å². The second-order valence-corrected chi connectivity index (χ2v) is 7.49. The van der Waals surface area contributed by atoms with Crippen molar-refractivity contribution in [2.75, 3.05) is 5.32 Å². The summed E-state index contributed by atoms with van der Waals surface area (Å²) in [6.07, 6.45) is 2.85. The van der Waals surface area contributed by atoms with Gasteiger partial charge >= 0.3 is 6.61 Å². The number of anilines is 1. The van der Waals surface area contributed by atoms with Gasteiger partial charge in [0, 0.05) is 17.6 Å². The number of benzene rings is 1. The Morgan fingerprint density at radius 2 is 2.12 bits per heavy atom. The Labute approximate surface area is 190 Å². The van der Waals surface area contributed by atoms with Crippen LogP contribution in [0.4, 0.5) is 14.5 Å². The van der Waals surface area contributed by atoms with Crippen molar-refractivity contribution in [2.45, 2.75) is 6.61 Å². The zero-order valence-electron chi connectivity index (χ0n) is 15.6. The second-order valence-electron chi connectivity index (χ2n) is 6.23. The predicted molar refractivity (Wildman–Crippen MR) is 113 cm³/mol. The largest absolute Gasteiger partial charge is 0.415 e. The van der Waals surface area contributed by atoms with Crippen LogP contribution in [0.2, 0.25) is 5.02 Å². The highest BCUT2D eigenvalue weighted by Crippen LogP contribution is 2.33. The summed E-state index contributed by atoms with van der Waals surface area (Å²) in [5, 5.41) is 13.3. The third-order valence-corrected chi connectivity index (χ3v) is 5.16. The Morgan fingerprint density at radius 1 is 1.34 bits per heavy atom. The van der Waals surface area contributed by atoms with Gasteiger partial charge in [0.1, 0.15) is 5.69 Å². The molecule has 0 unspecified atom stereocenters. The molecule has 4 rings (SSSR count). The van der Waals surface area contributed by atoms with E-state index in [1.54, 1.807) is 12.1 Å². The number of carbonyl (C=O) groups excluding carboxylic acids is 2. The van der Waals surface area contributed by atoms with Gasteiger partial charge in [-0.05, 0) is 34.1 Å². The molecule has 0 bridgehead atoms. The molecule has 164 valence electrons. The smallest absolute Gasteiger partial charge is 0.388 e. The number of halogens is 4. The number of fused-ring (bicyclic) bond motifs is 1. The molecule has 0 spiro atoms. The van der Waals surface area contributed by atoms with E-state index in [2.05, 4.69) is 46.3 Å². The number of primary amides is 1. The van der Waals surface area contributed by atoms with Gasteiger partial charge in [-0.25, -0.2) is 9.67 Å². The molecule has 10 nitrogen and oxygen atoms in total. The number of pyridine rings is 1. The molecule has 1 aromatic carbocycles. The number of carbonyl (C=O) groups is 2. The van der Waals surface area contributed by atoms with Crippen LogP contribution in [0.5, 0.6) is 5.88 Å². The Balaban J connectivity index is 1.81. The van der Waals surface area contributed by atoms with Crippen LogP contribution in [0.1, 0.15) is 20.8 Å². The van der Waals surface area contributed by atoms with Crippen LogP contribution in [0.25, 0.3) is 16.7 Å². The molecule has 3 heterocycles. The molecule has 0 aliphatic carbocycles. The van der Waals surface area contributed by atoms with Gasteiger partial charge in [0.25, 0.3) is 11.8 Å². The van der Waals surface area contributed by atoms with Gasteiger partial charge in [-0.1, -0.05) is 11.6 Å². The number of rotatable bonds is 6. The predicted octanol–water partition coefficient (Wildman–Crippen LogP) is 3.51. The first kappa shape index (κ1) is 21.6. The topological polar surface area (TPSA) is 141 Å². The van der Waals surface area contributed by atoms with Gasteiger partial charge in [0.05, 0.1) is 32.5 Å². The number of nitrogens with two attached hydrogens (primary N) is 1. The van der Waals surface area contributed by atoms with E-state index in [9.17, 15) is 18.4 Å². The maximum Gasteiger partial charge on any atom is 0.388 e. The van der Waals surface area contributed by atoms with E-state index >= 15 is 0 Å². The van der Waals surface area contributed by atoms with E-state index < -0.39 is 24.3 Å². The lowest BCUT2D eigenvalue weighted by molar-refractivity contribution is -0.0530. The lowest BCUT2D eigenvalue weighted by atomic mass is 10.1. The van der Waals surface area contributed by atoms with Crippen LogP contribution >= 0.6 is 27.5 Å². The molecule has 0 saturated carbocycles. The zero-order valence-corrected chi connectivity index (χ0v) is 18.0. The van der Waals surface area contributed by atoms with Crippen molar-refractivity contribution in [1.82, 2.24) is 25.0 Å². The molecule has 0 atom stereocenters. The molecule has 14 heteroatoms. The average molecular weight is 527 g/mol. The molecule has 0 fully saturated rings. The minimum absolute atomic E-state index is 0.00943. The first-order valence-electron chi connectivity index (χ1n) is 8.68. The molecule has 0 radical (unpaired) electrons. The molecular formula is C18H11BrClF2N7O3. The number of hydrogen-bond donors (Lipinski definition) is 3. The number of aromatic amines is 1. The summed E-state index contributed by atoms with van der Waals surface area (Å²) in [4.78, 5) is 29.3. The Bertz CT molecular complexity index is 1360. The normalized spacial score (nSPS) is 11.2. The maximum absolute atomic E-state index is 13.1. The summed E-state index contributed by atoms with van der Waals surface area (Å²) in [6.45, 7) is -3.17. The third kappa shape index (κ3) is 3.99. The third-order valence-electron chi connectivity index (χ3n) is 4.24. The van der Waals surface area contributed by atoms with E-state index in [-0.39, 0.29) is 33.3 Å². The molecule has 0 aliphatic heterocycles. The minimum Gasteiger partial charge on any atom is -0.415 e. The quantitative estimate of drug-likeness (QED) is 0.351. The Hall–Kier alpha value is -3.58. The number of aromatic nitrogens is 5. The van der Waals surface area contributed by atoms with Gasteiger partial charge in [-0.2, -0.15) is 13.9 Å². The van der Waals surface area contributed by atoms with Crippen molar-refractivity contribution < 1.29 is 23.1 Å². The van der Waals surface area contributed by atoms with Crippen LogP contribution in [0.3, 0.4) is 0 Å². The van der Waals surface area contributed by atoms with Crippen molar-refractivity contribution in [3.63, 3.8) is 0 Å². The van der Waals surface area contributed by atoms with Crippen molar-refractivity contribution in [1.29, 1.82) is 0 Å². The maximum atomic E-state index is 13.1. The first-order chi connectivity index (χ1) is 15.3. The fourth-order valence-electron chi connectivity index (χ4n) is 2.97. The van der Waals surface area contributed by atoms with Crippen molar-refractivity contribution >= 4 is 55.9 Å². The number of amides is 2. The highest BCUT2D eigenvalue weighted by Gasteiger charge is 2.25. The number of hydrogen-bond acceptors (Lipinski definition) is 6. The van der Waals surface area contributed by atoms with Gasteiger partial charge in [0.2, 0.25) is 5.88 Å². The highest BCUT2D eigenvalue weighted by molar-refractivity contribution is 9.10. The number of alkyl halides is 2. The summed E-state index contributed by atoms with van der Waals surface area (Å²) < 4.78 is 31.2. The summed E-state index contributed by atoms with van der Waals surface area (Å²) in [7, 11) is 0. The van der Waals surface area contributed by atoms with Crippen LogP contribution in [0, 0.1) is 0 Å². The van der Waals surface area contributed by atoms with Crippen LogP contribution in [0.15, 0.2) is 41.1 Å². The Morgan fingerprint density at radius 3 is 2.81 bits per heavy atom. The molecule has 4 N–H and O–H groups in total. The summed E-state index contributed by atoms with van der Waals surface area (Å²) in [5.41, 5.74) is 5.33. The standard InChI is InChI=1S/C18H11BrClF2N7O3/c19-8-2-1-3-24-16(8)29-10(5-11(28-29)32-18(21)22)17(31)26-14-9(20)4-7-6-25-27-13(7)12(14)15(23)30/h1-6,18H,(H2,23,30)(H,25,27)(H,26,31). The van der Waals surface area contributed by atoms with Crippen molar-refractivity contribution in [2.24, 2.45) is 5.73 Å². The zero-order chi connectivity index (χ0) is 23.0. The summed E-state index contributed by atoms with van der Waals surface area (Å²) >= 11 is 9.54. The number of H-pyrrole nitrogens is 1. The van der Waals surface area contributed by atoms with E-state index in [1.807, 2.05) is 0 Å². The lowest BCUT2D eigenvalue weighted by Crippen LogP contribution is -2.21. The molecule has 0 saturated heterocycles. The fraction of sp³-hybridized carbons (Fsp3) is 0.0556. The van der Waals surface area contributed by atoms with Gasteiger partial charge in [-0.3, -0.25) is 14.7 Å². The van der Waals surface area contributed by atoms with E-state index in [0.717, 1.165) is 10.7 Å². The SMILES string of the molecule is NC(=O)c1c(NC(=O)c2cc(OC(F)F)nn2-c2ncccc2Br)c(Cl)cc2cn[nH]c12. The van der Waals surface area contributed by atoms with E-state index in [1.165, 1.54) is 18.5 Å². The molecule has 3 aromatic heterocycles. The van der Waals surface area contributed by atoms with E-state index in [4.69, 9.17) is 17.3 Å². The molecule has 0 aliphatic rings. The molecular weight excluding hydrogens is 516 g/mol. The summed E-state index contributed by atoms with van der Waals surface area (Å²) in [6, 6.07) is 5.70. The molecule has 2 amide bonds. The second kappa shape index (κ2) is 8.51. The van der Waals surface area contributed by atoms with Crippen LogP contribution in [-0.2, 0) is 0 Å². The molecule has 4 aromatic rings. The van der Waals surface area contributed by atoms with E-state index in [0.29, 0.717) is 9.86 Å². The van der Waals surface area contributed by atoms with Crippen molar-refractivity contribution in [3.05, 3.63) is 57.4 Å². The number of ether oxygens (including phenoxy) is 1. The Kier molecular flexibility index (Phi) is 5.76. The number of nitrogens with one attached hydrogen (secondary N) is 2. The van der Waals surface area contributed by atoms with Crippen molar-refractivity contribution in [3.8, 4) is 11.7 Å². The number of nitrogens with zero attached hydrogens (tertiary/aromatic N) is 4. The lowest BCUT2D eigenvalue weighted by Gasteiger charge is -2.13. The van der Waals surface area contributed by atoms with Gasteiger partial charge in [0.15, 0.2) is 5.82 Å². The first-order valence-corrected chi connectivity index (χ1v) is 9.86. The highest BCUT2D eigenvalue weighted by atomic mass is 79.9. The monoisotopic (exact) mass is 525 g/mol. The summed E-state index contributed by atoms with van der Waals surface area (Å²) in [5.74, 6) is -2.11.